The van der Waals surface area contributed by atoms with E-state index in [1.165, 1.54) is 0 Å². The van der Waals surface area contributed by atoms with Crippen LogP contribution in [0.2, 0.25) is 0 Å². The molecule has 0 aliphatic carbocycles. The molecule has 4 aromatic rings. The Morgan fingerprint density at radius 3 is 2.67 bits per heavy atom. The average Bonchev–Trinajstić information content (AvgIpc) is 2.92. The zero-order valence-corrected chi connectivity index (χ0v) is 11.5. The highest BCUT2D eigenvalue weighted by Gasteiger charge is 2.11. The van der Waals surface area contributed by atoms with Crippen LogP contribution in [0.1, 0.15) is 0 Å². The fourth-order valence-corrected chi connectivity index (χ4v) is 2.59. The summed E-state index contributed by atoms with van der Waals surface area (Å²) >= 11 is 0. The number of methoxy groups -OCH3 is 1. The largest absolute Gasteiger partial charge is 0.496 e. The molecule has 4 heteroatoms. The summed E-state index contributed by atoms with van der Waals surface area (Å²) in [7, 11) is 1.65. The van der Waals surface area contributed by atoms with E-state index in [9.17, 15) is 0 Å². The molecule has 0 radical (unpaired) electrons. The van der Waals surface area contributed by atoms with Gasteiger partial charge in [0.1, 0.15) is 11.4 Å². The van der Waals surface area contributed by atoms with Gasteiger partial charge in [-0.2, -0.15) is 0 Å². The summed E-state index contributed by atoms with van der Waals surface area (Å²) in [5, 5.41) is 2.17. The van der Waals surface area contributed by atoms with E-state index in [2.05, 4.69) is 21.0 Å². The van der Waals surface area contributed by atoms with Gasteiger partial charge >= 0.3 is 0 Å². The van der Waals surface area contributed by atoms with Crippen LogP contribution in [0.25, 0.3) is 33.3 Å². The Morgan fingerprint density at radius 2 is 1.76 bits per heavy atom. The van der Waals surface area contributed by atoms with E-state index in [1.54, 1.807) is 7.11 Å². The average molecular weight is 275 g/mol. The van der Waals surface area contributed by atoms with E-state index in [0.717, 1.165) is 33.2 Å². The number of hydrogen-bond donors (Lipinski definition) is 1. The van der Waals surface area contributed by atoms with Crippen LogP contribution < -0.4 is 4.74 Å². The van der Waals surface area contributed by atoms with Gasteiger partial charge in [0.2, 0.25) is 0 Å². The lowest BCUT2D eigenvalue weighted by atomic mass is 10.2. The quantitative estimate of drug-likeness (QED) is 0.605. The van der Waals surface area contributed by atoms with E-state index in [-0.39, 0.29) is 0 Å². The minimum atomic E-state index is 0.659. The molecule has 0 spiro atoms. The second kappa shape index (κ2) is 4.59. The third-order valence-corrected chi connectivity index (χ3v) is 3.61. The van der Waals surface area contributed by atoms with Gasteiger partial charge in [0.15, 0.2) is 5.82 Å². The molecule has 0 amide bonds. The van der Waals surface area contributed by atoms with E-state index < -0.39 is 0 Å². The van der Waals surface area contributed by atoms with Gasteiger partial charge in [-0.3, -0.25) is 0 Å². The van der Waals surface area contributed by atoms with Crippen LogP contribution in [-0.4, -0.2) is 22.1 Å². The molecule has 4 nitrogen and oxygen atoms in total. The fraction of sp³-hybridized carbons (Fsp3) is 0.0588. The highest BCUT2D eigenvalue weighted by atomic mass is 16.5. The van der Waals surface area contributed by atoms with Crippen molar-refractivity contribution < 1.29 is 4.74 Å². The van der Waals surface area contributed by atoms with Gasteiger partial charge in [-0.15, -0.1) is 0 Å². The van der Waals surface area contributed by atoms with Crippen molar-refractivity contribution in [1.29, 1.82) is 0 Å². The molecule has 4 rings (SSSR count). The molecule has 0 fully saturated rings. The number of aromatic nitrogens is 3. The Bertz CT molecular complexity index is 943. The molecule has 0 aliphatic heterocycles. The molecule has 2 heterocycles. The lowest BCUT2D eigenvalue weighted by molar-refractivity contribution is 0.416. The molecular weight excluding hydrogens is 262 g/mol. The Hall–Kier alpha value is -2.88. The van der Waals surface area contributed by atoms with E-state index in [0.29, 0.717) is 5.82 Å². The zero-order chi connectivity index (χ0) is 14.2. The van der Waals surface area contributed by atoms with Crippen molar-refractivity contribution in [2.24, 2.45) is 0 Å². The van der Waals surface area contributed by atoms with E-state index in [4.69, 9.17) is 4.74 Å². The molecule has 2 aromatic carbocycles. The molecule has 2 aromatic heterocycles. The van der Waals surface area contributed by atoms with Gasteiger partial charge in [-0.25, -0.2) is 9.97 Å². The molecular formula is C17H13N3O. The first-order valence-corrected chi connectivity index (χ1v) is 6.73. The van der Waals surface area contributed by atoms with Gasteiger partial charge in [0.25, 0.3) is 0 Å². The number of para-hydroxylation sites is 2. The number of ether oxygens (including phenoxy) is 1. The number of nitrogens with zero attached hydrogens (tertiary/aromatic N) is 2. The van der Waals surface area contributed by atoms with Crippen LogP contribution in [-0.2, 0) is 0 Å². The molecule has 1 N–H and O–H groups in total. The molecule has 0 aliphatic rings. The molecule has 0 unspecified atom stereocenters. The first-order valence-electron chi connectivity index (χ1n) is 6.73. The van der Waals surface area contributed by atoms with Crippen molar-refractivity contribution in [3.05, 3.63) is 54.7 Å². The molecule has 0 saturated carbocycles. The van der Waals surface area contributed by atoms with Gasteiger partial charge in [0, 0.05) is 22.5 Å². The molecule has 0 saturated heterocycles. The second-order valence-electron chi connectivity index (χ2n) is 4.83. The normalized spacial score (nSPS) is 11.1. The molecule has 0 atom stereocenters. The predicted octanol–water partition coefficient (Wildman–Crippen LogP) is 3.79. The lowest BCUT2D eigenvalue weighted by Gasteiger charge is -2.06. The maximum atomic E-state index is 5.38. The van der Waals surface area contributed by atoms with Crippen LogP contribution in [0.3, 0.4) is 0 Å². The van der Waals surface area contributed by atoms with Crippen molar-refractivity contribution in [2.45, 2.75) is 0 Å². The lowest BCUT2D eigenvalue weighted by Crippen LogP contribution is -1.92. The third-order valence-electron chi connectivity index (χ3n) is 3.61. The van der Waals surface area contributed by atoms with Crippen LogP contribution in [0.5, 0.6) is 5.75 Å². The number of aromatic amines is 1. The smallest absolute Gasteiger partial charge is 0.165 e. The molecule has 0 bridgehead atoms. The third kappa shape index (κ3) is 1.84. The summed E-state index contributed by atoms with van der Waals surface area (Å²) in [6, 6.07) is 15.9. The second-order valence-corrected chi connectivity index (χ2v) is 4.83. The Balaban J connectivity index is 1.97. The number of rotatable bonds is 2. The van der Waals surface area contributed by atoms with Crippen molar-refractivity contribution in [1.82, 2.24) is 15.0 Å². The van der Waals surface area contributed by atoms with Crippen LogP contribution in [0, 0.1) is 0 Å². The highest BCUT2D eigenvalue weighted by Crippen LogP contribution is 2.29. The van der Waals surface area contributed by atoms with Crippen molar-refractivity contribution in [3.8, 4) is 17.1 Å². The summed E-state index contributed by atoms with van der Waals surface area (Å²) in [5.41, 5.74) is 2.80. The fourth-order valence-electron chi connectivity index (χ4n) is 2.59. The Labute approximate surface area is 121 Å². The van der Waals surface area contributed by atoms with Gasteiger partial charge in [-0.1, -0.05) is 30.3 Å². The van der Waals surface area contributed by atoms with Gasteiger partial charge in [0.05, 0.1) is 12.7 Å². The number of benzene rings is 2. The number of fused-ring (bicyclic) bond motifs is 3. The minimum absolute atomic E-state index is 0.659. The van der Waals surface area contributed by atoms with Gasteiger partial charge in [-0.05, 0) is 18.2 Å². The summed E-state index contributed by atoms with van der Waals surface area (Å²) < 4.78 is 5.38. The first kappa shape index (κ1) is 11.9. The highest BCUT2D eigenvalue weighted by molar-refractivity contribution is 6.05. The van der Waals surface area contributed by atoms with Gasteiger partial charge < -0.3 is 9.72 Å². The summed E-state index contributed by atoms with van der Waals surface area (Å²) in [6.45, 7) is 0. The minimum Gasteiger partial charge on any atom is -0.496 e. The van der Waals surface area contributed by atoms with Crippen LogP contribution in [0.15, 0.2) is 54.7 Å². The molecule has 21 heavy (non-hydrogen) atoms. The Morgan fingerprint density at radius 1 is 0.952 bits per heavy atom. The zero-order valence-electron chi connectivity index (χ0n) is 11.5. The van der Waals surface area contributed by atoms with Crippen molar-refractivity contribution in [2.75, 3.05) is 7.11 Å². The van der Waals surface area contributed by atoms with Crippen molar-refractivity contribution >= 4 is 21.9 Å². The standard InChI is InChI=1S/C17H13N3O/c1-21-15-9-5-3-7-12(15)16-18-10-13-11-6-2-4-8-14(11)19-17(13)20-16/h2-10H,1H3,(H,18,19,20). The number of hydrogen-bond acceptors (Lipinski definition) is 3. The van der Waals surface area contributed by atoms with E-state index >= 15 is 0 Å². The number of H-pyrrole nitrogens is 1. The predicted molar refractivity (Wildman–Crippen MR) is 83.4 cm³/mol. The number of nitrogens with one attached hydrogen (secondary N) is 1. The SMILES string of the molecule is COc1ccccc1-c1ncc2c(n1)[nH]c1ccccc12. The molecule has 102 valence electrons. The van der Waals surface area contributed by atoms with E-state index in [1.807, 2.05) is 48.7 Å². The Kier molecular flexibility index (Phi) is 2.60. The summed E-state index contributed by atoms with van der Waals surface area (Å²) in [4.78, 5) is 12.5. The van der Waals surface area contributed by atoms with Crippen LogP contribution in [0.4, 0.5) is 0 Å². The summed E-state index contributed by atoms with van der Waals surface area (Å²) in [5.74, 6) is 1.43. The monoisotopic (exact) mass is 275 g/mol. The van der Waals surface area contributed by atoms with Crippen LogP contribution >= 0.6 is 0 Å². The van der Waals surface area contributed by atoms with Crippen molar-refractivity contribution in [3.63, 3.8) is 0 Å². The maximum Gasteiger partial charge on any atom is 0.165 e. The summed E-state index contributed by atoms with van der Waals surface area (Å²) in [6.07, 6.45) is 1.86. The first-order chi connectivity index (χ1) is 10.4. The topological polar surface area (TPSA) is 50.8 Å². The maximum absolute atomic E-state index is 5.38.